The van der Waals surface area contributed by atoms with Gasteiger partial charge in [0.1, 0.15) is 5.75 Å². The van der Waals surface area contributed by atoms with Gasteiger partial charge in [-0.25, -0.2) is 0 Å². The molecule has 1 saturated heterocycles. The van der Waals surface area contributed by atoms with E-state index < -0.39 is 24.1 Å². The lowest BCUT2D eigenvalue weighted by Crippen LogP contribution is -2.41. The summed E-state index contributed by atoms with van der Waals surface area (Å²) in [7, 11) is -0.774. The number of carbonyl (C=O) groups is 1. The van der Waals surface area contributed by atoms with Crippen LogP contribution in [0, 0.1) is 0 Å². The Morgan fingerprint density at radius 3 is 2.08 bits per heavy atom. The van der Waals surface area contributed by atoms with Crippen LogP contribution in [0.4, 0.5) is 11.4 Å². The quantitative estimate of drug-likeness (QED) is 0.443. The largest absolute Gasteiger partial charge is 0.507 e. The minimum atomic E-state index is -0.774. The zero-order valence-electron chi connectivity index (χ0n) is 15.4. The molecule has 6 nitrogen and oxygen atoms in total. The number of ketones is 1. The van der Waals surface area contributed by atoms with Crippen LogP contribution in [0.3, 0.4) is 0 Å². The average Bonchev–Trinajstić information content (AvgIpc) is 2.73. The smallest absolute Gasteiger partial charge is 0.495 e. The summed E-state index contributed by atoms with van der Waals surface area (Å²) in [5, 5.41) is 10.4. The van der Waals surface area contributed by atoms with E-state index in [1.165, 1.54) is 18.2 Å². The molecule has 0 aromatic heterocycles. The molecule has 7 heteroatoms. The third kappa shape index (κ3) is 3.04. The van der Waals surface area contributed by atoms with Crippen LogP contribution in [0.2, 0.25) is 0 Å². The average molecular weight is 354 g/mol. The Hall–Kier alpha value is -2.51. The van der Waals surface area contributed by atoms with Crippen molar-refractivity contribution >= 4 is 29.7 Å². The van der Waals surface area contributed by atoms with Gasteiger partial charge in [0.2, 0.25) is 0 Å². The molecule has 1 fully saturated rings. The number of nitrogen functional groups attached to an aromatic ring is 2. The fourth-order valence-electron chi connectivity index (χ4n) is 2.92. The van der Waals surface area contributed by atoms with E-state index in [4.69, 9.17) is 20.8 Å². The van der Waals surface area contributed by atoms with Crippen molar-refractivity contribution in [2.75, 3.05) is 11.5 Å². The zero-order chi connectivity index (χ0) is 19.3. The van der Waals surface area contributed by atoms with Crippen molar-refractivity contribution in [1.82, 2.24) is 0 Å². The Kier molecular flexibility index (Phi) is 4.25. The summed E-state index contributed by atoms with van der Waals surface area (Å²) in [6.45, 7) is 7.71. The van der Waals surface area contributed by atoms with Crippen molar-refractivity contribution in [3.8, 4) is 5.75 Å². The number of phenolic OH excluding ortho intramolecular Hbond substituents is 1. The summed E-state index contributed by atoms with van der Waals surface area (Å²) in [5.74, 6) is -0.546. The summed E-state index contributed by atoms with van der Waals surface area (Å²) in [5.41, 5.74) is 12.1. The van der Waals surface area contributed by atoms with Gasteiger partial charge in [-0.15, -0.1) is 0 Å². The number of phenols is 1. The lowest BCUT2D eigenvalue weighted by atomic mass is 9.74. The summed E-state index contributed by atoms with van der Waals surface area (Å²) in [4.78, 5) is 13.1. The van der Waals surface area contributed by atoms with Crippen LogP contribution < -0.4 is 16.9 Å². The van der Waals surface area contributed by atoms with Gasteiger partial charge in [0, 0.05) is 16.9 Å². The van der Waals surface area contributed by atoms with E-state index in [9.17, 15) is 9.90 Å². The van der Waals surface area contributed by atoms with Gasteiger partial charge in [-0.05, 0) is 57.4 Å². The third-order valence-electron chi connectivity index (χ3n) is 5.05. The molecule has 26 heavy (non-hydrogen) atoms. The normalized spacial score (nSPS) is 18.1. The first kappa shape index (κ1) is 18.3. The number of aromatic hydroxyl groups is 1. The van der Waals surface area contributed by atoms with Gasteiger partial charge in [0.15, 0.2) is 5.78 Å². The topological polar surface area (TPSA) is 108 Å². The molecule has 1 aliphatic rings. The van der Waals surface area contributed by atoms with E-state index in [2.05, 4.69) is 0 Å². The highest BCUT2D eigenvalue weighted by atomic mass is 16.7. The predicted molar refractivity (Wildman–Crippen MR) is 103 cm³/mol. The Morgan fingerprint density at radius 2 is 1.54 bits per heavy atom. The minimum absolute atomic E-state index is 0.121. The van der Waals surface area contributed by atoms with E-state index in [0.29, 0.717) is 22.4 Å². The summed E-state index contributed by atoms with van der Waals surface area (Å²) >= 11 is 0. The van der Waals surface area contributed by atoms with Crippen LogP contribution in [0.25, 0.3) is 0 Å². The number of rotatable bonds is 3. The van der Waals surface area contributed by atoms with Crippen LogP contribution in [-0.4, -0.2) is 29.2 Å². The molecule has 3 rings (SSSR count). The summed E-state index contributed by atoms with van der Waals surface area (Å²) < 4.78 is 12.1. The molecule has 0 unspecified atom stereocenters. The van der Waals surface area contributed by atoms with Crippen LogP contribution in [0.15, 0.2) is 36.4 Å². The van der Waals surface area contributed by atoms with Crippen molar-refractivity contribution < 1.29 is 19.2 Å². The van der Waals surface area contributed by atoms with Gasteiger partial charge in [-0.2, -0.15) is 0 Å². The van der Waals surface area contributed by atoms with E-state index in [1.54, 1.807) is 18.2 Å². The maximum atomic E-state index is 13.1. The standard InChI is InChI=1S/C19H23BN2O4/c1-18(2)19(3,4)26-20(25-18)14-6-5-7-15(23)16(14)17(24)11-8-12(21)10-13(22)9-11/h5-10,23H,21-22H2,1-4H3. The van der Waals surface area contributed by atoms with Crippen molar-refractivity contribution in [1.29, 1.82) is 0 Å². The molecule has 0 amide bonds. The number of hydrogen-bond acceptors (Lipinski definition) is 6. The van der Waals surface area contributed by atoms with Gasteiger partial charge in [-0.1, -0.05) is 12.1 Å². The van der Waals surface area contributed by atoms with E-state index in [1.807, 2.05) is 27.7 Å². The highest BCUT2D eigenvalue weighted by molar-refractivity contribution is 6.64. The number of hydrogen-bond donors (Lipinski definition) is 3. The molecule has 0 radical (unpaired) electrons. The molecule has 2 aromatic rings. The molecule has 0 saturated carbocycles. The fraction of sp³-hybridized carbons (Fsp3) is 0.316. The van der Waals surface area contributed by atoms with Crippen LogP contribution in [0.5, 0.6) is 5.75 Å². The molecular weight excluding hydrogens is 331 g/mol. The molecule has 0 bridgehead atoms. The van der Waals surface area contributed by atoms with Crippen molar-refractivity contribution in [2.24, 2.45) is 0 Å². The molecule has 1 aliphatic heterocycles. The number of nitrogens with two attached hydrogens (primary N) is 2. The van der Waals surface area contributed by atoms with Gasteiger partial charge < -0.3 is 25.9 Å². The molecule has 136 valence electrons. The Balaban J connectivity index is 2.08. The first-order chi connectivity index (χ1) is 12.0. The minimum Gasteiger partial charge on any atom is -0.507 e. The number of carbonyl (C=O) groups excluding carboxylic acids is 1. The molecule has 0 atom stereocenters. The summed E-state index contributed by atoms with van der Waals surface area (Å²) in [6.07, 6.45) is 0. The number of anilines is 2. The molecule has 1 heterocycles. The Morgan fingerprint density at radius 1 is 1.00 bits per heavy atom. The zero-order valence-corrected chi connectivity index (χ0v) is 15.4. The number of benzene rings is 2. The highest BCUT2D eigenvalue weighted by Gasteiger charge is 2.52. The van der Waals surface area contributed by atoms with E-state index in [0.717, 1.165) is 0 Å². The molecule has 5 N–H and O–H groups in total. The van der Waals surface area contributed by atoms with Crippen molar-refractivity contribution in [3.63, 3.8) is 0 Å². The van der Waals surface area contributed by atoms with Crippen molar-refractivity contribution in [3.05, 3.63) is 47.5 Å². The molecule has 0 aliphatic carbocycles. The second kappa shape index (κ2) is 6.04. The van der Waals surface area contributed by atoms with Crippen molar-refractivity contribution in [2.45, 2.75) is 38.9 Å². The SMILES string of the molecule is CC1(C)OB(c2cccc(O)c2C(=O)c2cc(N)cc(N)c2)OC1(C)C. The monoisotopic (exact) mass is 354 g/mol. The van der Waals surface area contributed by atoms with Crippen LogP contribution in [0.1, 0.15) is 43.6 Å². The predicted octanol–water partition coefficient (Wildman–Crippen LogP) is 2.09. The van der Waals surface area contributed by atoms with Gasteiger partial charge in [0.05, 0.1) is 16.8 Å². The van der Waals surface area contributed by atoms with Crippen LogP contribution in [-0.2, 0) is 9.31 Å². The second-order valence-corrected chi connectivity index (χ2v) is 7.55. The lowest BCUT2D eigenvalue weighted by Gasteiger charge is -2.32. The van der Waals surface area contributed by atoms with E-state index in [-0.39, 0.29) is 11.3 Å². The second-order valence-electron chi connectivity index (χ2n) is 7.55. The maximum Gasteiger partial charge on any atom is 0.495 e. The van der Waals surface area contributed by atoms with E-state index >= 15 is 0 Å². The van der Waals surface area contributed by atoms with Crippen LogP contribution >= 0.6 is 0 Å². The maximum absolute atomic E-state index is 13.1. The highest BCUT2D eigenvalue weighted by Crippen LogP contribution is 2.37. The fourth-order valence-corrected chi connectivity index (χ4v) is 2.92. The Bertz CT molecular complexity index is 844. The van der Waals surface area contributed by atoms with Gasteiger partial charge in [0.25, 0.3) is 0 Å². The Labute approximate surface area is 153 Å². The van der Waals surface area contributed by atoms with Gasteiger partial charge in [-0.3, -0.25) is 4.79 Å². The summed E-state index contributed by atoms with van der Waals surface area (Å²) in [6, 6.07) is 9.44. The van der Waals surface area contributed by atoms with Gasteiger partial charge >= 0.3 is 7.12 Å². The lowest BCUT2D eigenvalue weighted by molar-refractivity contribution is 0.00578. The first-order valence-electron chi connectivity index (χ1n) is 8.40. The molecule has 0 spiro atoms. The molecule has 2 aromatic carbocycles. The molecular formula is C19H23BN2O4. The third-order valence-corrected chi connectivity index (χ3v) is 5.05. The first-order valence-corrected chi connectivity index (χ1v) is 8.40.